The van der Waals surface area contributed by atoms with Crippen molar-refractivity contribution in [3.8, 4) is 0 Å². The third kappa shape index (κ3) is 5.16. The Balaban J connectivity index is 2.11. The fourth-order valence-electron chi connectivity index (χ4n) is 2.09. The highest BCUT2D eigenvalue weighted by Crippen LogP contribution is 2.20. The molecule has 0 atom stereocenters. The molecule has 0 fully saturated rings. The highest BCUT2D eigenvalue weighted by molar-refractivity contribution is 6.29. The summed E-state index contributed by atoms with van der Waals surface area (Å²) >= 11 is 5.83. The number of rotatable bonds is 6. The number of unbranched alkanes of at least 4 members (excludes halogenated alkanes) is 1. The third-order valence-corrected chi connectivity index (χ3v) is 3.92. The molecule has 2 aromatic rings. The number of aryl methyl sites for hydroxylation is 1. The van der Waals surface area contributed by atoms with Gasteiger partial charge in [-0.25, -0.2) is 19.6 Å². The van der Waals surface area contributed by atoms with Crippen molar-refractivity contribution in [2.24, 2.45) is 0 Å². The number of urea groups is 1. The number of amides is 2. The van der Waals surface area contributed by atoms with E-state index in [-0.39, 0.29) is 5.15 Å². The molecule has 0 aliphatic rings. The Morgan fingerprint density at radius 2 is 2.04 bits per heavy atom. The Morgan fingerprint density at radius 1 is 1.27 bits per heavy atom. The summed E-state index contributed by atoms with van der Waals surface area (Å²) in [5, 5.41) is 3.00. The van der Waals surface area contributed by atoms with E-state index in [0.717, 1.165) is 18.4 Å². The van der Waals surface area contributed by atoms with Crippen molar-refractivity contribution in [3.63, 3.8) is 0 Å². The van der Waals surface area contributed by atoms with Gasteiger partial charge >= 0.3 is 12.0 Å². The van der Waals surface area contributed by atoms with Crippen LogP contribution in [0.5, 0.6) is 0 Å². The zero-order valence-electron chi connectivity index (χ0n) is 15.0. The molecule has 0 aliphatic carbocycles. The summed E-state index contributed by atoms with van der Waals surface area (Å²) in [6, 6.07) is 6.10. The lowest BCUT2D eigenvalue weighted by Gasteiger charge is -2.18. The number of ether oxygens (including phenoxy) is 1. The molecule has 26 heavy (non-hydrogen) atoms. The number of benzene rings is 1. The summed E-state index contributed by atoms with van der Waals surface area (Å²) in [4.78, 5) is 33.6. The van der Waals surface area contributed by atoms with Crippen molar-refractivity contribution in [2.75, 3.05) is 23.9 Å². The van der Waals surface area contributed by atoms with Gasteiger partial charge in [0.1, 0.15) is 17.3 Å². The van der Waals surface area contributed by atoms with Gasteiger partial charge in [0.2, 0.25) is 0 Å². The molecule has 0 saturated heterocycles. The fraction of sp³-hybridized carbons (Fsp3) is 0.333. The first-order valence-corrected chi connectivity index (χ1v) is 8.60. The van der Waals surface area contributed by atoms with Gasteiger partial charge in [0.05, 0.1) is 12.2 Å². The number of halogens is 1. The molecule has 8 heteroatoms. The molecule has 1 heterocycles. The van der Waals surface area contributed by atoms with Crippen LogP contribution in [0.1, 0.15) is 35.7 Å². The van der Waals surface area contributed by atoms with Crippen LogP contribution in [0, 0.1) is 6.92 Å². The quantitative estimate of drug-likeness (QED) is 0.466. The Hall–Kier alpha value is -2.67. The van der Waals surface area contributed by atoms with Crippen LogP contribution in [-0.4, -0.2) is 35.6 Å². The van der Waals surface area contributed by atoms with Gasteiger partial charge in [-0.15, -0.1) is 0 Å². The minimum atomic E-state index is -0.417. The van der Waals surface area contributed by atoms with E-state index < -0.39 is 12.0 Å². The minimum absolute atomic E-state index is 0.239. The molecular weight excluding hydrogens is 356 g/mol. The predicted molar refractivity (Wildman–Crippen MR) is 101 cm³/mol. The van der Waals surface area contributed by atoms with Gasteiger partial charge in [-0.1, -0.05) is 31.0 Å². The van der Waals surface area contributed by atoms with E-state index in [1.165, 1.54) is 17.3 Å². The van der Waals surface area contributed by atoms with E-state index in [9.17, 15) is 9.59 Å². The van der Waals surface area contributed by atoms with Crippen LogP contribution < -0.4 is 10.2 Å². The molecule has 138 valence electrons. The predicted octanol–water partition coefficient (Wildman–Crippen LogP) is 4.06. The first-order chi connectivity index (χ1) is 12.4. The molecule has 0 bridgehead atoms. The molecule has 0 aliphatic heterocycles. The molecule has 1 aromatic carbocycles. The van der Waals surface area contributed by atoms with E-state index in [4.69, 9.17) is 16.3 Å². The number of nitrogens with zero attached hydrogens (tertiary/aromatic N) is 3. The Bertz CT molecular complexity index is 798. The van der Waals surface area contributed by atoms with E-state index in [1.807, 2.05) is 13.8 Å². The van der Waals surface area contributed by atoms with Crippen molar-refractivity contribution in [1.82, 2.24) is 9.97 Å². The van der Waals surface area contributed by atoms with E-state index in [1.54, 1.807) is 25.2 Å². The van der Waals surface area contributed by atoms with Crippen LogP contribution >= 0.6 is 11.6 Å². The van der Waals surface area contributed by atoms with Gasteiger partial charge in [-0.2, -0.15) is 0 Å². The second-order valence-electron chi connectivity index (χ2n) is 5.71. The SMILES string of the molecule is CCCCOC(=O)c1ccc(C)c(NC(=O)N(C)c2cc(Cl)ncn2)c1. The summed E-state index contributed by atoms with van der Waals surface area (Å²) in [5.41, 5.74) is 1.72. The highest BCUT2D eigenvalue weighted by atomic mass is 35.5. The molecule has 2 rings (SSSR count). The summed E-state index contributed by atoms with van der Waals surface area (Å²) in [6.45, 7) is 4.24. The van der Waals surface area contributed by atoms with Crippen LogP contribution in [0.25, 0.3) is 0 Å². The van der Waals surface area contributed by atoms with E-state index in [0.29, 0.717) is 23.7 Å². The molecule has 0 saturated carbocycles. The summed E-state index contributed by atoms with van der Waals surface area (Å²) in [7, 11) is 1.56. The van der Waals surface area contributed by atoms with Crippen LogP contribution in [0.2, 0.25) is 5.15 Å². The maximum atomic E-state index is 12.5. The van der Waals surface area contributed by atoms with Crippen molar-refractivity contribution in [1.29, 1.82) is 0 Å². The second kappa shape index (κ2) is 9.15. The van der Waals surface area contributed by atoms with Crippen LogP contribution in [-0.2, 0) is 4.74 Å². The van der Waals surface area contributed by atoms with Crippen molar-refractivity contribution in [3.05, 3.63) is 46.9 Å². The average molecular weight is 377 g/mol. The number of carbonyl (C=O) groups is 2. The molecule has 1 aromatic heterocycles. The third-order valence-electron chi connectivity index (χ3n) is 3.71. The Labute approximate surface area is 157 Å². The number of nitrogens with one attached hydrogen (secondary N) is 1. The smallest absolute Gasteiger partial charge is 0.338 e. The zero-order valence-corrected chi connectivity index (χ0v) is 15.7. The summed E-state index contributed by atoms with van der Waals surface area (Å²) in [6.07, 6.45) is 3.04. The van der Waals surface area contributed by atoms with Gasteiger partial charge in [0.15, 0.2) is 0 Å². The number of aromatic nitrogens is 2. The molecule has 0 radical (unpaired) electrons. The van der Waals surface area contributed by atoms with Crippen molar-refractivity contribution < 1.29 is 14.3 Å². The lowest BCUT2D eigenvalue weighted by Crippen LogP contribution is -2.32. The van der Waals surface area contributed by atoms with Gasteiger partial charge in [0.25, 0.3) is 0 Å². The average Bonchev–Trinajstić information content (AvgIpc) is 2.63. The number of esters is 1. The molecular formula is C18H21ClN4O3. The molecule has 2 amide bonds. The number of anilines is 2. The van der Waals surface area contributed by atoms with Crippen LogP contribution in [0.4, 0.5) is 16.3 Å². The highest BCUT2D eigenvalue weighted by Gasteiger charge is 2.16. The molecule has 0 spiro atoms. The largest absolute Gasteiger partial charge is 0.462 e. The number of hydrogen-bond donors (Lipinski definition) is 1. The van der Waals surface area contributed by atoms with Gasteiger partial charge in [-0.3, -0.25) is 4.90 Å². The van der Waals surface area contributed by atoms with Crippen molar-refractivity contribution >= 4 is 35.1 Å². The maximum absolute atomic E-state index is 12.5. The first kappa shape index (κ1) is 19.7. The van der Waals surface area contributed by atoms with Crippen molar-refractivity contribution in [2.45, 2.75) is 26.7 Å². The summed E-state index contributed by atoms with van der Waals surface area (Å²) < 4.78 is 5.20. The first-order valence-electron chi connectivity index (χ1n) is 8.22. The zero-order chi connectivity index (χ0) is 19.1. The second-order valence-corrected chi connectivity index (χ2v) is 6.09. The van der Waals surface area contributed by atoms with E-state index in [2.05, 4.69) is 15.3 Å². The van der Waals surface area contributed by atoms with Crippen LogP contribution in [0.3, 0.4) is 0 Å². The minimum Gasteiger partial charge on any atom is -0.462 e. The van der Waals surface area contributed by atoms with Crippen LogP contribution in [0.15, 0.2) is 30.6 Å². The Morgan fingerprint density at radius 3 is 2.73 bits per heavy atom. The molecule has 1 N–H and O–H groups in total. The van der Waals surface area contributed by atoms with E-state index >= 15 is 0 Å². The normalized spacial score (nSPS) is 10.3. The van der Waals surface area contributed by atoms with Gasteiger partial charge in [-0.05, 0) is 31.0 Å². The van der Waals surface area contributed by atoms with Gasteiger partial charge in [0, 0.05) is 18.8 Å². The number of hydrogen-bond acceptors (Lipinski definition) is 5. The molecule has 7 nitrogen and oxygen atoms in total. The monoisotopic (exact) mass is 376 g/mol. The van der Waals surface area contributed by atoms with Gasteiger partial charge < -0.3 is 10.1 Å². The Kier molecular flexibility index (Phi) is 6.91. The fourth-order valence-corrected chi connectivity index (χ4v) is 2.23. The maximum Gasteiger partial charge on any atom is 0.338 e. The molecule has 0 unspecified atom stereocenters. The summed E-state index contributed by atoms with van der Waals surface area (Å²) in [5.74, 6) is -0.0554. The standard InChI is InChI=1S/C18H21ClN4O3/c1-4-5-8-26-17(24)13-7-6-12(2)14(9-13)22-18(25)23(3)16-10-15(19)20-11-21-16/h6-7,9-11H,4-5,8H2,1-3H3,(H,22,25). The topological polar surface area (TPSA) is 84.4 Å². The lowest BCUT2D eigenvalue weighted by atomic mass is 10.1. The lowest BCUT2D eigenvalue weighted by molar-refractivity contribution is 0.0499. The number of carbonyl (C=O) groups excluding carboxylic acids is 2.